The summed E-state index contributed by atoms with van der Waals surface area (Å²) in [6.07, 6.45) is 0.689. The van der Waals surface area contributed by atoms with Crippen molar-refractivity contribution in [2.75, 3.05) is 13.2 Å². The third-order valence-corrected chi connectivity index (χ3v) is 2.96. The molecule has 0 fully saturated rings. The zero-order chi connectivity index (χ0) is 14.2. The fourth-order valence-electron chi connectivity index (χ4n) is 1.86. The van der Waals surface area contributed by atoms with Gasteiger partial charge in [0, 0.05) is 13.0 Å². The number of aliphatic hydroxyl groups is 1. The van der Waals surface area contributed by atoms with Crippen LogP contribution in [0.5, 0.6) is 11.5 Å². The summed E-state index contributed by atoms with van der Waals surface area (Å²) in [6.45, 7) is 3.55. The lowest BCUT2D eigenvalue weighted by molar-refractivity contribution is 0.233. The Labute approximate surface area is 119 Å². The predicted molar refractivity (Wildman–Crippen MR) is 79.2 cm³/mol. The fourth-order valence-corrected chi connectivity index (χ4v) is 1.86. The molecule has 0 radical (unpaired) electrons. The molecule has 106 valence electrons. The maximum atomic E-state index is 8.53. The molecule has 2 bridgehead atoms. The summed E-state index contributed by atoms with van der Waals surface area (Å²) in [5.41, 5.74) is 2.41. The lowest BCUT2D eigenvalue weighted by atomic mass is 10.2. The molecule has 0 aliphatic carbocycles. The van der Waals surface area contributed by atoms with E-state index in [1.165, 1.54) is 5.56 Å². The Morgan fingerprint density at radius 1 is 1.15 bits per heavy atom. The fraction of sp³-hybridized carbons (Fsp3) is 0.294. The molecule has 1 aliphatic heterocycles. The minimum atomic E-state index is 0.186. The van der Waals surface area contributed by atoms with Crippen LogP contribution in [-0.4, -0.2) is 18.3 Å². The van der Waals surface area contributed by atoms with Crippen molar-refractivity contribution in [1.29, 1.82) is 0 Å². The number of benzene rings is 2. The molecular formula is C17H20O3. The Morgan fingerprint density at radius 2 is 2.00 bits per heavy atom. The van der Waals surface area contributed by atoms with Crippen molar-refractivity contribution in [2.24, 2.45) is 0 Å². The quantitative estimate of drug-likeness (QED) is 0.868. The zero-order valence-electron chi connectivity index (χ0n) is 11.7. The average Bonchev–Trinajstić information content (AvgIpc) is 2.80. The molecule has 0 aromatic heterocycles. The maximum absolute atomic E-state index is 8.53. The minimum absolute atomic E-state index is 0.186. The molecule has 2 aromatic carbocycles. The van der Waals surface area contributed by atoms with Crippen LogP contribution < -0.4 is 9.47 Å². The van der Waals surface area contributed by atoms with Crippen molar-refractivity contribution in [3.05, 3.63) is 59.7 Å². The minimum Gasteiger partial charge on any atom is -0.493 e. The summed E-state index contributed by atoms with van der Waals surface area (Å²) in [6, 6.07) is 16.0. The van der Waals surface area contributed by atoms with Gasteiger partial charge >= 0.3 is 0 Å². The van der Waals surface area contributed by atoms with Crippen molar-refractivity contribution in [3.8, 4) is 11.5 Å². The second kappa shape index (κ2) is 7.56. The van der Waals surface area contributed by atoms with Crippen molar-refractivity contribution in [1.82, 2.24) is 0 Å². The van der Waals surface area contributed by atoms with Crippen LogP contribution >= 0.6 is 0 Å². The molecule has 0 atom stereocenters. The van der Waals surface area contributed by atoms with Gasteiger partial charge in [0.15, 0.2) is 0 Å². The molecule has 1 heterocycles. The normalized spacial score (nSPS) is 11.3. The standard InChI is InChI=1S/C10H14O2.C7H6O/c1-9-5-2-3-6-10(9)12-8-4-7-11;1-2-6-4-7(3-1)8-5-6/h2-3,5-6,11H,4,7-8H2,1H3;1-4H,5H2. The van der Waals surface area contributed by atoms with E-state index in [1.807, 2.05) is 43.3 Å². The highest BCUT2D eigenvalue weighted by atomic mass is 16.5. The first-order valence-corrected chi connectivity index (χ1v) is 6.80. The third-order valence-electron chi connectivity index (χ3n) is 2.96. The first-order valence-electron chi connectivity index (χ1n) is 6.80. The first kappa shape index (κ1) is 14.4. The second-order valence-electron chi connectivity index (χ2n) is 4.63. The van der Waals surface area contributed by atoms with Gasteiger partial charge in [-0.2, -0.15) is 0 Å². The van der Waals surface area contributed by atoms with E-state index in [-0.39, 0.29) is 6.61 Å². The summed E-state index contributed by atoms with van der Waals surface area (Å²) in [4.78, 5) is 0. The molecule has 3 heteroatoms. The van der Waals surface area contributed by atoms with Crippen molar-refractivity contribution in [3.63, 3.8) is 0 Å². The van der Waals surface area contributed by atoms with Crippen LogP contribution in [0.1, 0.15) is 17.5 Å². The summed E-state index contributed by atoms with van der Waals surface area (Å²) < 4.78 is 10.6. The molecule has 0 saturated heterocycles. The molecule has 0 unspecified atom stereocenters. The lowest BCUT2D eigenvalue weighted by Crippen LogP contribution is -2.00. The van der Waals surface area contributed by atoms with E-state index in [0.29, 0.717) is 13.0 Å². The Morgan fingerprint density at radius 3 is 2.70 bits per heavy atom. The zero-order valence-corrected chi connectivity index (χ0v) is 11.7. The number of hydrogen-bond donors (Lipinski definition) is 1. The van der Waals surface area contributed by atoms with Crippen molar-refractivity contribution < 1.29 is 14.6 Å². The molecular weight excluding hydrogens is 252 g/mol. The van der Waals surface area contributed by atoms with E-state index in [2.05, 4.69) is 12.1 Å². The molecule has 3 nitrogen and oxygen atoms in total. The number of hydrogen-bond acceptors (Lipinski definition) is 3. The molecule has 0 saturated carbocycles. The van der Waals surface area contributed by atoms with Crippen LogP contribution in [-0.2, 0) is 6.61 Å². The van der Waals surface area contributed by atoms with Gasteiger partial charge in [-0.05, 0) is 36.2 Å². The molecule has 0 spiro atoms. The highest BCUT2D eigenvalue weighted by Gasteiger charge is 2.03. The Kier molecular flexibility index (Phi) is 5.44. The third kappa shape index (κ3) is 4.28. The Balaban J connectivity index is 0.000000157. The summed E-state index contributed by atoms with van der Waals surface area (Å²) in [5.74, 6) is 1.91. The van der Waals surface area contributed by atoms with Gasteiger partial charge in [-0.25, -0.2) is 0 Å². The average molecular weight is 272 g/mol. The van der Waals surface area contributed by atoms with E-state index in [0.717, 1.165) is 23.7 Å². The molecule has 0 amide bonds. The summed E-state index contributed by atoms with van der Waals surface area (Å²) in [7, 11) is 0. The van der Waals surface area contributed by atoms with E-state index in [4.69, 9.17) is 14.6 Å². The van der Waals surface area contributed by atoms with Crippen LogP contribution in [0.4, 0.5) is 0 Å². The second-order valence-corrected chi connectivity index (χ2v) is 4.63. The van der Waals surface area contributed by atoms with Crippen LogP contribution in [0, 0.1) is 6.92 Å². The first-order chi connectivity index (χ1) is 9.79. The number of fused-ring (bicyclic) bond motifs is 2. The van der Waals surface area contributed by atoms with Gasteiger partial charge in [-0.3, -0.25) is 0 Å². The van der Waals surface area contributed by atoms with Gasteiger partial charge in [-0.1, -0.05) is 30.3 Å². The van der Waals surface area contributed by atoms with Gasteiger partial charge in [0.25, 0.3) is 0 Å². The highest BCUT2D eigenvalue weighted by molar-refractivity contribution is 5.32. The Bertz CT molecular complexity index is 518. The highest BCUT2D eigenvalue weighted by Crippen LogP contribution is 2.20. The van der Waals surface area contributed by atoms with Crippen molar-refractivity contribution in [2.45, 2.75) is 20.0 Å². The SMILES string of the molecule is Cc1ccccc1OCCCO.c1cc2cc(c1)OC2. The number of ether oxygens (including phenoxy) is 2. The maximum Gasteiger partial charge on any atom is 0.122 e. The van der Waals surface area contributed by atoms with Gasteiger partial charge in [0.1, 0.15) is 18.1 Å². The van der Waals surface area contributed by atoms with Crippen molar-refractivity contribution >= 4 is 0 Å². The van der Waals surface area contributed by atoms with Crippen LogP contribution in [0.25, 0.3) is 0 Å². The van der Waals surface area contributed by atoms with E-state index < -0.39 is 0 Å². The Hall–Kier alpha value is -2.00. The van der Waals surface area contributed by atoms with E-state index in [9.17, 15) is 0 Å². The molecule has 1 aliphatic rings. The monoisotopic (exact) mass is 272 g/mol. The number of aryl methyl sites for hydroxylation is 1. The molecule has 2 aromatic rings. The largest absolute Gasteiger partial charge is 0.493 e. The summed E-state index contributed by atoms with van der Waals surface area (Å²) in [5, 5.41) is 8.53. The van der Waals surface area contributed by atoms with Crippen LogP contribution in [0.15, 0.2) is 48.5 Å². The predicted octanol–water partition coefficient (Wildman–Crippen LogP) is 3.34. The number of para-hydroxylation sites is 1. The van der Waals surface area contributed by atoms with E-state index in [1.54, 1.807) is 0 Å². The van der Waals surface area contributed by atoms with Gasteiger partial charge in [0.05, 0.1) is 6.61 Å². The topological polar surface area (TPSA) is 38.7 Å². The van der Waals surface area contributed by atoms with Gasteiger partial charge in [0.2, 0.25) is 0 Å². The number of rotatable bonds is 4. The summed E-state index contributed by atoms with van der Waals surface area (Å²) >= 11 is 0. The van der Waals surface area contributed by atoms with Crippen LogP contribution in [0.2, 0.25) is 0 Å². The number of aliphatic hydroxyl groups excluding tert-OH is 1. The van der Waals surface area contributed by atoms with Crippen LogP contribution in [0.3, 0.4) is 0 Å². The molecule has 3 rings (SSSR count). The molecule has 20 heavy (non-hydrogen) atoms. The molecule has 1 N–H and O–H groups in total. The van der Waals surface area contributed by atoms with Gasteiger partial charge < -0.3 is 14.6 Å². The smallest absolute Gasteiger partial charge is 0.122 e. The van der Waals surface area contributed by atoms with Gasteiger partial charge in [-0.15, -0.1) is 0 Å². The van der Waals surface area contributed by atoms with E-state index >= 15 is 0 Å². The lowest BCUT2D eigenvalue weighted by Gasteiger charge is -2.06.